The van der Waals surface area contributed by atoms with Crippen molar-refractivity contribution in [2.75, 3.05) is 0 Å². The second kappa shape index (κ2) is 10.1. The summed E-state index contributed by atoms with van der Waals surface area (Å²) in [5.74, 6) is 0. The van der Waals surface area contributed by atoms with Gasteiger partial charge in [0.05, 0.1) is 58.0 Å². The lowest BCUT2D eigenvalue weighted by Crippen LogP contribution is -2.57. The third-order valence-electron chi connectivity index (χ3n) is 9.67. The molecule has 4 aliphatic heterocycles. The van der Waals surface area contributed by atoms with E-state index >= 15 is 0 Å². The maximum atomic E-state index is 11.7. The highest BCUT2D eigenvalue weighted by atomic mass is 79.9. The fourth-order valence-electron chi connectivity index (χ4n) is 6.83. The first kappa shape index (κ1) is 30.0. The highest BCUT2D eigenvalue weighted by molar-refractivity contribution is 9.09. The van der Waals surface area contributed by atoms with Crippen molar-refractivity contribution in [2.24, 2.45) is 0 Å². The van der Waals surface area contributed by atoms with Crippen LogP contribution in [0.4, 0.5) is 0 Å². The summed E-state index contributed by atoms with van der Waals surface area (Å²) in [5.41, 5.74) is -3.58. The van der Waals surface area contributed by atoms with Gasteiger partial charge in [-0.1, -0.05) is 28.1 Å². The lowest BCUT2D eigenvalue weighted by Gasteiger charge is -2.49. The van der Waals surface area contributed by atoms with E-state index in [1.165, 1.54) is 0 Å². The molecule has 0 bridgehead atoms. The number of ether oxygens (including phenoxy) is 4. The number of hydrogen-bond donors (Lipinski definition) is 2. The van der Waals surface area contributed by atoms with Gasteiger partial charge in [-0.05, 0) is 113 Å². The van der Waals surface area contributed by atoms with Gasteiger partial charge in [0.2, 0.25) is 0 Å². The number of halogens is 1. The molecule has 0 aromatic carbocycles. The zero-order chi connectivity index (χ0) is 27.5. The standard InChI is InChI=1S/C30H51BrO6/c1-25(2)15-9-16-29(7)24(34-25)14-19-30(8)23(37-29)11-10-21(36-30)28(6,33)18-13-22-27(5,32)17-12-20(31)26(3,4)35-22/h9,15,20-24,32-33H,10-14,16-19H2,1-8H3. The van der Waals surface area contributed by atoms with Crippen LogP contribution in [0.5, 0.6) is 0 Å². The number of rotatable bonds is 4. The number of alkyl halides is 1. The Hall–Kier alpha value is -0.0200. The van der Waals surface area contributed by atoms with E-state index in [1.807, 2.05) is 13.8 Å². The van der Waals surface area contributed by atoms with Gasteiger partial charge in [0.25, 0.3) is 0 Å². The van der Waals surface area contributed by atoms with Crippen molar-refractivity contribution in [3.63, 3.8) is 0 Å². The summed E-state index contributed by atoms with van der Waals surface area (Å²) >= 11 is 3.74. The molecule has 6 nitrogen and oxygen atoms in total. The van der Waals surface area contributed by atoms with Gasteiger partial charge in [0.1, 0.15) is 0 Å². The Bertz CT molecular complexity index is 853. The van der Waals surface area contributed by atoms with E-state index in [0.717, 1.165) is 38.5 Å². The number of hydrogen-bond acceptors (Lipinski definition) is 6. The van der Waals surface area contributed by atoms with E-state index in [4.69, 9.17) is 18.9 Å². The minimum Gasteiger partial charge on any atom is -0.387 e. The van der Waals surface area contributed by atoms with E-state index in [1.54, 1.807) is 0 Å². The SMILES string of the molecule is CC1(C)C=CCC2(C)OC3CCC(C(C)(O)CCC4OC(C)(C)C(Br)CCC4(C)O)OC3(C)CCC2O1. The average Bonchev–Trinajstić information content (AvgIpc) is 3.00. The zero-order valence-corrected chi connectivity index (χ0v) is 25.9. The van der Waals surface area contributed by atoms with E-state index in [0.29, 0.717) is 19.3 Å². The molecule has 0 aromatic rings. The maximum absolute atomic E-state index is 11.7. The van der Waals surface area contributed by atoms with Crippen molar-refractivity contribution in [2.45, 2.75) is 176 Å². The molecule has 7 heteroatoms. The van der Waals surface area contributed by atoms with Crippen LogP contribution < -0.4 is 0 Å². The first-order chi connectivity index (χ1) is 16.9. The van der Waals surface area contributed by atoms with Crippen LogP contribution in [0.1, 0.15) is 113 Å². The van der Waals surface area contributed by atoms with Crippen molar-refractivity contribution in [3.05, 3.63) is 12.2 Å². The lowest BCUT2D eigenvalue weighted by molar-refractivity contribution is -0.261. The topological polar surface area (TPSA) is 77.4 Å². The quantitative estimate of drug-likeness (QED) is 0.311. The van der Waals surface area contributed by atoms with Crippen LogP contribution in [0.25, 0.3) is 0 Å². The fraction of sp³-hybridized carbons (Fsp3) is 0.933. The smallest absolute Gasteiger partial charge is 0.0954 e. The van der Waals surface area contributed by atoms with Gasteiger partial charge in [0, 0.05) is 4.83 Å². The predicted molar refractivity (Wildman–Crippen MR) is 149 cm³/mol. The van der Waals surface area contributed by atoms with E-state index in [-0.39, 0.29) is 34.8 Å². The molecule has 2 N–H and O–H groups in total. The molecule has 9 atom stereocenters. The highest BCUT2D eigenvalue weighted by Gasteiger charge is 2.54. The predicted octanol–water partition coefficient (Wildman–Crippen LogP) is 5.99. The molecule has 0 aliphatic carbocycles. The van der Waals surface area contributed by atoms with Crippen molar-refractivity contribution in [1.29, 1.82) is 0 Å². The summed E-state index contributed by atoms with van der Waals surface area (Å²) in [7, 11) is 0. The van der Waals surface area contributed by atoms with Gasteiger partial charge >= 0.3 is 0 Å². The summed E-state index contributed by atoms with van der Waals surface area (Å²) in [5, 5.41) is 22.9. The summed E-state index contributed by atoms with van der Waals surface area (Å²) < 4.78 is 26.6. The molecule has 0 amide bonds. The molecule has 9 unspecified atom stereocenters. The van der Waals surface area contributed by atoms with Gasteiger partial charge in [0.15, 0.2) is 0 Å². The Balaban J connectivity index is 1.44. The number of fused-ring (bicyclic) bond motifs is 2. The number of aliphatic hydroxyl groups is 2. The Morgan fingerprint density at radius 2 is 1.54 bits per heavy atom. The summed E-state index contributed by atoms with van der Waals surface area (Å²) in [6, 6.07) is 0. The van der Waals surface area contributed by atoms with E-state index in [9.17, 15) is 10.2 Å². The highest BCUT2D eigenvalue weighted by Crippen LogP contribution is 2.47. The molecule has 3 saturated heterocycles. The molecule has 4 aliphatic rings. The molecule has 0 radical (unpaired) electrons. The molecule has 4 rings (SSSR count). The molecule has 214 valence electrons. The van der Waals surface area contributed by atoms with Crippen molar-refractivity contribution < 1.29 is 29.2 Å². The molecule has 4 heterocycles. The molecule has 0 spiro atoms. The first-order valence-electron chi connectivity index (χ1n) is 14.4. The Kier molecular flexibility index (Phi) is 8.19. The molecule has 0 aromatic heterocycles. The summed E-state index contributed by atoms with van der Waals surface area (Å²) in [4.78, 5) is 0.172. The van der Waals surface area contributed by atoms with Gasteiger partial charge in [-0.15, -0.1) is 0 Å². The maximum Gasteiger partial charge on any atom is 0.0954 e. The lowest BCUT2D eigenvalue weighted by atomic mass is 9.79. The van der Waals surface area contributed by atoms with Crippen LogP contribution in [0.15, 0.2) is 12.2 Å². The third kappa shape index (κ3) is 6.34. The van der Waals surface area contributed by atoms with Crippen LogP contribution in [0, 0.1) is 0 Å². The third-order valence-corrected chi connectivity index (χ3v) is 11.2. The van der Waals surface area contributed by atoms with Gasteiger partial charge in [-0.3, -0.25) is 0 Å². The largest absolute Gasteiger partial charge is 0.387 e. The minimum atomic E-state index is -1.04. The minimum absolute atomic E-state index is 0.0151. The second-order valence-electron chi connectivity index (χ2n) is 14.2. The molecular formula is C30H51BrO6. The van der Waals surface area contributed by atoms with Crippen molar-refractivity contribution in [3.8, 4) is 0 Å². The summed E-state index contributed by atoms with van der Waals surface area (Å²) in [6.07, 6.45) is 10.2. The van der Waals surface area contributed by atoms with Crippen LogP contribution in [0.2, 0.25) is 0 Å². The first-order valence-corrected chi connectivity index (χ1v) is 15.3. The Morgan fingerprint density at radius 3 is 2.24 bits per heavy atom. The van der Waals surface area contributed by atoms with E-state index < -0.39 is 28.0 Å². The van der Waals surface area contributed by atoms with Gasteiger partial charge in [-0.2, -0.15) is 0 Å². The molecule has 0 saturated carbocycles. The van der Waals surface area contributed by atoms with Gasteiger partial charge < -0.3 is 29.2 Å². The second-order valence-corrected chi connectivity index (χ2v) is 15.3. The van der Waals surface area contributed by atoms with Gasteiger partial charge in [-0.25, -0.2) is 0 Å². The fourth-order valence-corrected chi connectivity index (χ4v) is 7.16. The molecule has 37 heavy (non-hydrogen) atoms. The Labute approximate surface area is 233 Å². The molecular weight excluding hydrogens is 536 g/mol. The summed E-state index contributed by atoms with van der Waals surface area (Å²) in [6.45, 7) is 16.4. The zero-order valence-electron chi connectivity index (χ0n) is 24.3. The molecule has 3 fully saturated rings. The van der Waals surface area contributed by atoms with Crippen molar-refractivity contribution >= 4 is 15.9 Å². The normalized spacial score (nSPS) is 47.5. The average molecular weight is 588 g/mol. The van der Waals surface area contributed by atoms with E-state index in [2.05, 4.69) is 69.6 Å². The van der Waals surface area contributed by atoms with Crippen LogP contribution in [-0.4, -0.2) is 73.1 Å². The van der Waals surface area contributed by atoms with Crippen LogP contribution in [-0.2, 0) is 18.9 Å². The van der Waals surface area contributed by atoms with Crippen LogP contribution >= 0.6 is 15.9 Å². The van der Waals surface area contributed by atoms with Crippen molar-refractivity contribution in [1.82, 2.24) is 0 Å². The monoisotopic (exact) mass is 586 g/mol. The Morgan fingerprint density at radius 1 is 0.865 bits per heavy atom. The van der Waals surface area contributed by atoms with Crippen LogP contribution in [0.3, 0.4) is 0 Å².